The normalized spacial score (nSPS) is 13.4. The molecule has 0 saturated heterocycles. The maximum atomic E-state index is 12.8. The van der Waals surface area contributed by atoms with Crippen LogP contribution in [0.2, 0.25) is 5.02 Å². The number of hydrogen-bond acceptors (Lipinski definition) is 4. The van der Waals surface area contributed by atoms with Crippen molar-refractivity contribution in [3.05, 3.63) is 58.6 Å². The number of amides is 1. The van der Waals surface area contributed by atoms with Crippen molar-refractivity contribution < 1.29 is 17.9 Å². The molecule has 0 aromatic heterocycles. The van der Waals surface area contributed by atoms with E-state index in [0.717, 1.165) is 21.9 Å². The van der Waals surface area contributed by atoms with E-state index in [2.05, 4.69) is 5.32 Å². The standard InChI is InChI=1S/C21H27ClN2O4S/c1-14-10-11-18(22)12-19(14)24(29(5,26)27)17(4)21(25)23-16(3)13-28-20-9-7-6-8-15(20)2/h6-12,16-17H,13H2,1-5H3,(H,23,25)/t16-,17-/m0/s1. The van der Waals surface area contributed by atoms with Gasteiger partial charge in [0.2, 0.25) is 15.9 Å². The Hall–Kier alpha value is -2.25. The molecule has 2 aromatic rings. The molecule has 2 rings (SSSR count). The highest BCUT2D eigenvalue weighted by atomic mass is 35.5. The molecule has 6 nitrogen and oxygen atoms in total. The molecular formula is C21H27ClN2O4S. The summed E-state index contributed by atoms with van der Waals surface area (Å²) < 4.78 is 31.8. The third-order valence-corrected chi connectivity index (χ3v) is 5.93. The lowest BCUT2D eigenvalue weighted by Gasteiger charge is -2.30. The number of ether oxygens (including phenoxy) is 1. The van der Waals surface area contributed by atoms with Crippen LogP contribution in [-0.2, 0) is 14.8 Å². The van der Waals surface area contributed by atoms with Gasteiger partial charge in [0.05, 0.1) is 18.0 Å². The van der Waals surface area contributed by atoms with E-state index in [-0.39, 0.29) is 12.6 Å². The predicted molar refractivity (Wildman–Crippen MR) is 117 cm³/mol. The number of benzene rings is 2. The van der Waals surface area contributed by atoms with Gasteiger partial charge in [-0.3, -0.25) is 9.10 Å². The van der Waals surface area contributed by atoms with Gasteiger partial charge in [-0.1, -0.05) is 35.9 Å². The zero-order valence-electron chi connectivity index (χ0n) is 17.3. The smallest absolute Gasteiger partial charge is 0.243 e. The number of anilines is 1. The van der Waals surface area contributed by atoms with Gasteiger partial charge in [0.1, 0.15) is 18.4 Å². The van der Waals surface area contributed by atoms with Gasteiger partial charge in [-0.2, -0.15) is 0 Å². The van der Waals surface area contributed by atoms with Crippen molar-refractivity contribution in [1.29, 1.82) is 0 Å². The summed E-state index contributed by atoms with van der Waals surface area (Å²) in [5.41, 5.74) is 2.08. The van der Waals surface area contributed by atoms with Crippen molar-refractivity contribution in [2.24, 2.45) is 0 Å². The number of carbonyl (C=O) groups excluding carboxylic acids is 1. The van der Waals surface area contributed by atoms with Crippen molar-refractivity contribution in [3.63, 3.8) is 0 Å². The Kier molecular flexibility index (Phi) is 7.54. The van der Waals surface area contributed by atoms with Crippen LogP contribution in [0.15, 0.2) is 42.5 Å². The fourth-order valence-corrected chi connectivity index (χ4v) is 4.33. The second-order valence-electron chi connectivity index (χ2n) is 7.15. The van der Waals surface area contributed by atoms with Crippen molar-refractivity contribution in [2.75, 3.05) is 17.2 Å². The topological polar surface area (TPSA) is 75.7 Å². The maximum absolute atomic E-state index is 12.8. The van der Waals surface area contributed by atoms with Gasteiger partial charge in [-0.15, -0.1) is 0 Å². The number of nitrogens with one attached hydrogen (secondary N) is 1. The predicted octanol–water partition coefficient (Wildman–Crippen LogP) is 3.70. The quantitative estimate of drug-likeness (QED) is 0.681. The van der Waals surface area contributed by atoms with Gasteiger partial charge in [0.15, 0.2) is 0 Å². The van der Waals surface area contributed by atoms with Crippen molar-refractivity contribution in [2.45, 2.75) is 39.8 Å². The summed E-state index contributed by atoms with van der Waals surface area (Å²) >= 11 is 6.05. The van der Waals surface area contributed by atoms with Crippen molar-refractivity contribution >= 4 is 33.2 Å². The van der Waals surface area contributed by atoms with Gasteiger partial charge in [0.25, 0.3) is 0 Å². The van der Waals surface area contributed by atoms with Crippen LogP contribution in [0, 0.1) is 13.8 Å². The average molecular weight is 439 g/mol. The van der Waals surface area contributed by atoms with E-state index in [9.17, 15) is 13.2 Å². The molecule has 2 atom stereocenters. The van der Waals surface area contributed by atoms with Gasteiger partial charge < -0.3 is 10.1 Å². The molecule has 0 heterocycles. The molecule has 0 saturated carbocycles. The Bertz CT molecular complexity index is 978. The molecule has 0 radical (unpaired) electrons. The average Bonchev–Trinajstić information content (AvgIpc) is 2.63. The molecule has 0 unspecified atom stereocenters. The molecule has 0 aliphatic carbocycles. The fourth-order valence-electron chi connectivity index (χ4n) is 2.94. The number of hydrogen-bond donors (Lipinski definition) is 1. The van der Waals surface area contributed by atoms with Crippen LogP contribution in [0.5, 0.6) is 5.75 Å². The van der Waals surface area contributed by atoms with Crippen LogP contribution in [0.3, 0.4) is 0 Å². The van der Waals surface area contributed by atoms with E-state index in [1.165, 1.54) is 0 Å². The molecule has 2 aromatic carbocycles. The molecule has 29 heavy (non-hydrogen) atoms. The lowest BCUT2D eigenvalue weighted by atomic mass is 10.1. The molecule has 0 fully saturated rings. The second kappa shape index (κ2) is 9.50. The minimum absolute atomic E-state index is 0.262. The van der Waals surface area contributed by atoms with Gasteiger partial charge >= 0.3 is 0 Å². The van der Waals surface area contributed by atoms with E-state index in [0.29, 0.717) is 16.3 Å². The minimum atomic E-state index is -3.72. The molecule has 1 amide bonds. The first-order chi connectivity index (χ1) is 13.5. The van der Waals surface area contributed by atoms with Crippen LogP contribution < -0.4 is 14.4 Å². The highest BCUT2D eigenvalue weighted by Gasteiger charge is 2.31. The van der Waals surface area contributed by atoms with E-state index in [4.69, 9.17) is 16.3 Å². The van der Waals surface area contributed by atoms with E-state index < -0.39 is 22.0 Å². The van der Waals surface area contributed by atoms with Gasteiger partial charge in [-0.05, 0) is 57.0 Å². The lowest BCUT2D eigenvalue weighted by Crippen LogP contribution is -2.51. The van der Waals surface area contributed by atoms with Gasteiger partial charge in [-0.25, -0.2) is 8.42 Å². The summed E-state index contributed by atoms with van der Waals surface area (Å²) in [4.78, 5) is 12.8. The zero-order chi connectivity index (χ0) is 21.8. The summed E-state index contributed by atoms with van der Waals surface area (Å²) in [6.45, 7) is 7.33. The Morgan fingerprint density at radius 1 is 1.14 bits per heavy atom. The first-order valence-electron chi connectivity index (χ1n) is 9.25. The summed E-state index contributed by atoms with van der Waals surface area (Å²) in [7, 11) is -3.72. The Morgan fingerprint density at radius 2 is 1.79 bits per heavy atom. The minimum Gasteiger partial charge on any atom is -0.491 e. The fraction of sp³-hybridized carbons (Fsp3) is 0.381. The highest BCUT2D eigenvalue weighted by Crippen LogP contribution is 2.28. The highest BCUT2D eigenvalue weighted by molar-refractivity contribution is 7.92. The molecule has 8 heteroatoms. The largest absolute Gasteiger partial charge is 0.491 e. The molecule has 158 valence electrons. The molecule has 0 bridgehead atoms. The summed E-state index contributed by atoms with van der Waals surface area (Å²) in [5, 5.41) is 3.22. The van der Waals surface area contributed by atoms with Gasteiger partial charge in [0, 0.05) is 5.02 Å². The lowest BCUT2D eigenvalue weighted by molar-refractivity contribution is -0.122. The molecule has 0 spiro atoms. The third-order valence-electron chi connectivity index (χ3n) is 4.47. The maximum Gasteiger partial charge on any atom is 0.243 e. The summed E-state index contributed by atoms with van der Waals surface area (Å²) in [5.74, 6) is 0.324. The van der Waals surface area contributed by atoms with E-state index >= 15 is 0 Å². The number of halogens is 1. The monoisotopic (exact) mass is 438 g/mol. The number of nitrogens with zero attached hydrogens (tertiary/aromatic N) is 1. The molecular weight excluding hydrogens is 412 g/mol. The number of rotatable bonds is 8. The molecule has 1 N–H and O–H groups in total. The van der Waals surface area contributed by atoms with Crippen molar-refractivity contribution in [3.8, 4) is 5.75 Å². The first-order valence-corrected chi connectivity index (χ1v) is 11.5. The van der Waals surface area contributed by atoms with Crippen LogP contribution in [-0.4, -0.2) is 39.3 Å². The SMILES string of the molecule is Cc1ccccc1OC[C@H](C)NC(=O)[C@H](C)N(c1cc(Cl)ccc1C)S(C)(=O)=O. The Morgan fingerprint density at radius 3 is 2.41 bits per heavy atom. The zero-order valence-corrected chi connectivity index (χ0v) is 18.8. The van der Waals surface area contributed by atoms with Crippen LogP contribution in [0.4, 0.5) is 5.69 Å². The number of aryl methyl sites for hydroxylation is 2. The number of para-hydroxylation sites is 1. The molecule has 0 aliphatic rings. The molecule has 0 aliphatic heterocycles. The Labute approximate surface area is 177 Å². The van der Waals surface area contributed by atoms with Crippen LogP contribution in [0.25, 0.3) is 0 Å². The number of carbonyl (C=O) groups is 1. The second-order valence-corrected chi connectivity index (χ2v) is 9.45. The van der Waals surface area contributed by atoms with E-state index in [1.807, 2.05) is 31.2 Å². The van der Waals surface area contributed by atoms with Crippen LogP contribution >= 0.6 is 11.6 Å². The third kappa shape index (κ3) is 6.11. The summed E-state index contributed by atoms with van der Waals surface area (Å²) in [6.07, 6.45) is 1.07. The summed E-state index contributed by atoms with van der Waals surface area (Å²) in [6, 6.07) is 11.3. The van der Waals surface area contributed by atoms with Crippen molar-refractivity contribution in [1.82, 2.24) is 5.32 Å². The Balaban J connectivity index is 2.13. The number of sulfonamides is 1. The van der Waals surface area contributed by atoms with Crippen LogP contribution in [0.1, 0.15) is 25.0 Å². The van der Waals surface area contributed by atoms with E-state index in [1.54, 1.807) is 39.0 Å². The first kappa shape index (κ1) is 23.0.